The van der Waals surface area contributed by atoms with Gasteiger partial charge in [0, 0.05) is 16.1 Å². The maximum absolute atomic E-state index is 14.9. The van der Waals surface area contributed by atoms with Crippen molar-refractivity contribution in [1.29, 1.82) is 0 Å². The number of aromatic nitrogens is 4. The Morgan fingerprint density at radius 2 is 1.94 bits per heavy atom. The molecule has 1 unspecified atom stereocenters. The van der Waals surface area contributed by atoms with E-state index in [2.05, 4.69) is 21.6 Å². The minimum atomic E-state index is -0.457. The van der Waals surface area contributed by atoms with Gasteiger partial charge in [-0.3, -0.25) is 0 Å². The number of hydrogen-bond donors (Lipinski definition) is 1. The molecule has 0 aliphatic rings. The lowest BCUT2D eigenvalue weighted by molar-refractivity contribution is 0.368. The molecular formula is C25H25ClFN5O2. The van der Waals surface area contributed by atoms with Crippen molar-refractivity contribution in [3.05, 3.63) is 70.4 Å². The SMILES string of the molecule is C=C(OC)c1ccc(-c2c(C)c(Cl)cc(C(C)n3nc(C)c4c(N)ncnc43)c2OC)cc1F. The van der Waals surface area contributed by atoms with Gasteiger partial charge < -0.3 is 15.2 Å². The number of halogens is 2. The van der Waals surface area contributed by atoms with E-state index in [0.29, 0.717) is 44.4 Å². The van der Waals surface area contributed by atoms with E-state index in [0.717, 1.165) is 11.1 Å². The van der Waals surface area contributed by atoms with Gasteiger partial charge in [-0.2, -0.15) is 5.10 Å². The molecule has 2 heterocycles. The summed E-state index contributed by atoms with van der Waals surface area (Å²) in [5.74, 6) is 0.718. The van der Waals surface area contributed by atoms with E-state index in [-0.39, 0.29) is 17.4 Å². The molecule has 176 valence electrons. The van der Waals surface area contributed by atoms with Crippen LogP contribution in [-0.4, -0.2) is 34.0 Å². The van der Waals surface area contributed by atoms with Gasteiger partial charge in [0.25, 0.3) is 0 Å². The second kappa shape index (κ2) is 8.95. The van der Waals surface area contributed by atoms with E-state index in [1.807, 2.05) is 26.8 Å². The molecule has 1 atom stereocenters. The molecule has 0 bridgehead atoms. The number of methoxy groups -OCH3 is 2. The molecule has 2 N–H and O–H groups in total. The molecule has 0 aliphatic carbocycles. The Labute approximate surface area is 202 Å². The summed E-state index contributed by atoms with van der Waals surface area (Å²) in [5.41, 5.74) is 10.5. The Balaban J connectivity index is 1.93. The molecule has 9 heteroatoms. The zero-order valence-electron chi connectivity index (χ0n) is 19.6. The first kappa shape index (κ1) is 23.5. The van der Waals surface area contributed by atoms with Gasteiger partial charge in [0.15, 0.2) is 5.65 Å². The maximum Gasteiger partial charge on any atom is 0.164 e. The van der Waals surface area contributed by atoms with Gasteiger partial charge in [-0.25, -0.2) is 19.0 Å². The summed E-state index contributed by atoms with van der Waals surface area (Å²) in [4.78, 5) is 8.47. The minimum absolute atomic E-state index is 0.246. The zero-order valence-corrected chi connectivity index (χ0v) is 20.4. The van der Waals surface area contributed by atoms with Crippen molar-refractivity contribution < 1.29 is 13.9 Å². The number of hydrogen-bond acceptors (Lipinski definition) is 6. The summed E-state index contributed by atoms with van der Waals surface area (Å²) in [6.45, 7) is 9.43. The minimum Gasteiger partial charge on any atom is -0.497 e. The molecule has 7 nitrogen and oxygen atoms in total. The van der Waals surface area contributed by atoms with E-state index < -0.39 is 5.82 Å². The van der Waals surface area contributed by atoms with Crippen LogP contribution in [0, 0.1) is 19.7 Å². The lowest BCUT2D eigenvalue weighted by Gasteiger charge is -2.22. The number of nitrogens with two attached hydrogens (primary N) is 1. The lowest BCUT2D eigenvalue weighted by atomic mass is 9.93. The predicted molar refractivity (Wildman–Crippen MR) is 132 cm³/mol. The molecule has 0 amide bonds. The van der Waals surface area contributed by atoms with Gasteiger partial charge in [0.1, 0.15) is 29.5 Å². The molecule has 0 spiro atoms. The Morgan fingerprint density at radius 3 is 2.59 bits per heavy atom. The molecule has 34 heavy (non-hydrogen) atoms. The summed E-state index contributed by atoms with van der Waals surface area (Å²) in [6, 6.07) is 6.36. The van der Waals surface area contributed by atoms with Gasteiger partial charge in [-0.15, -0.1) is 0 Å². The van der Waals surface area contributed by atoms with Crippen molar-refractivity contribution in [1.82, 2.24) is 19.7 Å². The normalized spacial score (nSPS) is 12.1. The molecule has 4 rings (SSSR count). The van der Waals surface area contributed by atoms with Crippen molar-refractivity contribution in [3.63, 3.8) is 0 Å². The van der Waals surface area contributed by atoms with E-state index >= 15 is 0 Å². The van der Waals surface area contributed by atoms with Crippen molar-refractivity contribution in [2.24, 2.45) is 0 Å². The number of ether oxygens (including phenoxy) is 2. The fraction of sp³-hybridized carbons (Fsp3) is 0.240. The van der Waals surface area contributed by atoms with Gasteiger partial charge >= 0.3 is 0 Å². The third-order valence-corrected chi connectivity index (χ3v) is 6.42. The topological polar surface area (TPSA) is 88.1 Å². The fourth-order valence-electron chi connectivity index (χ4n) is 4.20. The lowest BCUT2D eigenvalue weighted by Crippen LogP contribution is -2.12. The number of rotatable bonds is 6. The highest BCUT2D eigenvalue weighted by Gasteiger charge is 2.25. The molecule has 0 saturated heterocycles. The quantitative estimate of drug-likeness (QED) is 0.354. The molecule has 0 aliphatic heterocycles. The number of anilines is 1. The number of nitrogens with zero attached hydrogens (tertiary/aromatic N) is 4. The zero-order chi connectivity index (χ0) is 24.7. The van der Waals surface area contributed by atoms with Gasteiger partial charge in [0.05, 0.1) is 36.9 Å². The Bertz CT molecular complexity index is 1430. The van der Waals surface area contributed by atoms with Crippen molar-refractivity contribution in [3.8, 4) is 16.9 Å². The van der Waals surface area contributed by atoms with Crippen LogP contribution in [0.2, 0.25) is 5.02 Å². The monoisotopic (exact) mass is 481 g/mol. The van der Waals surface area contributed by atoms with E-state index in [4.69, 9.17) is 26.8 Å². The first-order chi connectivity index (χ1) is 16.2. The van der Waals surface area contributed by atoms with Crippen LogP contribution in [0.15, 0.2) is 37.2 Å². The number of nitrogen functional groups attached to an aromatic ring is 1. The largest absolute Gasteiger partial charge is 0.497 e. The Kier molecular flexibility index (Phi) is 6.18. The smallest absolute Gasteiger partial charge is 0.164 e. The highest BCUT2D eigenvalue weighted by molar-refractivity contribution is 6.32. The average Bonchev–Trinajstić information content (AvgIpc) is 3.16. The van der Waals surface area contributed by atoms with E-state index in [9.17, 15) is 4.39 Å². The van der Waals surface area contributed by atoms with Crippen LogP contribution in [0.25, 0.3) is 27.9 Å². The van der Waals surface area contributed by atoms with Crippen LogP contribution in [-0.2, 0) is 4.74 Å². The van der Waals surface area contributed by atoms with E-state index in [1.165, 1.54) is 19.5 Å². The summed E-state index contributed by atoms with van der Waals surface area (Å²) in [6.07, 6.45) is 1.41. The summed E-state index contributed by atoms with van der Waals surface area (Å²) in [7, 11) is 3.03. The summed E-state index contributed by atoms with van der Waals surface area (Å²) in [5, 5.41) is 5.88. The van der Waals surface area contributed by atoms with Crippen molar-refractivity contribution >= 4 is 34.2 Å². The molecule has 0 fully saturated rings. The van der Waals surface area contributed by atoms with Crippen molar-refractivity contribution in [2.45, 2.75) is 26.8 Å². The highest BCUT2D eigenvalue weighted by atomic mass is 35.5. The van der Waals surface area contributed by atoms with Gasteiger partial charge in [0.2, 0.25) is 0 Å². The number of fused-ring (bicyclic) bond motifs is 1. The van der Waals surface area contributed by atoms with Crippen LogP contribution >= 0.6 is 11.6 Å². The van der Waals surface area contributed by atoms with Crippen molar-refractivity contribution in [2.75, 3.05) is 20.0 Å². The van der Waals surface area contributed by atoms with Crippen LogP contribution in [0.5, 0.6) is 5.75 Å². The third-order valence-electron chi connectivity index (χ3n) is 6.02. The molecule has 0 saturated carbocycles. The Morgan fingerprint density at radius 1 is 1.21 bits per heavy atom. The molecular weight excluding hydrogens is 457 g/mol. The summed E-state index contributed by atoms with van der Waals surface area (Å²) < 4.78 is 27.6. The van der Waals surface area contributed by atoms with Crippen LogP contribution < -0.4 is 10.5 Å². The second-order valence-electron chi connectivity index (χ2n) is 7.97. The third kappa shape index (κ3) is 3.74. The van der Waals surface area contributed by atoms with Gasteiger partial charge in [-0.1, -0.05) is 24.2 Å². The van der Waals surface area contributed by atoms with Crippen LogP contribution in [0.3, 0.4) is 0 Å². The standard InChI is InChI=1S/C25H25ClFN5O2/c1-12-19(26)10-18(14(3)32-25-22(13(2)31-32)24(28)29-11-30-25)23(34-6)21(12)16-7-8-17(15(4)33-5)20(27)9-16/h7-11,14H,4H2,1-3,5-6H3,(H2,28,29,30). The molecule has 0 radical (unpaired) electrons. The highest BCUT2D eigenvalue weighted by Crippen LogP contribution is 2.44. The average molecular weight is 482 g/mol. The number of aryl methyl sites for hydroxylation is 1. The van der Waals surface area contributed by atoms with E-state index in [1.54, 1.807) is 23.9 Å². The molecule has 2 aromatic carbocycles. The maximum atomic E-state index is 14.9. The molecule has 2 aromatic heterocycles. The Hall–Kier alpha value is -3.65. The number of benzene rings is 2. The second-order valence-corrected chi connectivity index (χ2v) is 8.37. The predicted octanol–water partition coefficient (Wildman–Crippen LogP) is 5.72. The summed E-state index contributed by atoms with van der Waals surface area (Å²) >= 11 is 6.66. The van der Waals surface area contributed by atoms with Crippen LogP contribution in [0.1, 0.15) is 35.3 Å². The first-order valence-electron chi connectivity index (χ1n) is 10.5. The molecule has 4 aromatic rings. The van der Waals surface area contributed by atoms with Gasteiger partial charge in [-0.05, 0) is 50.1 Å². The fourth-order valence-corrected chi connectivity index (χ4v) is 4.41. The van der Waals surface area contributed by atoms with Crippen LogP contribution in [0.4, 0.5) is 10.2 Å². The first-order valence-corrected chi connectivity index (χ1v) is 10.9.